The van der Waals surface area contributed by atoms with Crippen LogP contribution in [0.3, 0.4) is 0 Å². The molecule has 1 heterocycles. The Labute approximate surface area is 86.0 Å². The van der Waals surface area contributed by atoms with E-state index >= 15 is 0 Å². The molecule has 0 saturated heterocycles. The van der Waals surface area contributed by atoms with Gasteiger partial charge in [-0.05, 0) is 25.0 Å². The fourth-order valence-electron chi connectivity index (χ4n) is 1.73. The first kappa shape index (κ1) is 8.53. The Morgan fingerprint density at radius 2 is 2.07 bits per heavy atom. The summed E-state index contributed by atoms with van der Waals surface area (Å²) >= 11 is 0. The summed E-state index contributed by atoms with van der Waals surface area (Å²) in [6, 6.07) is 6.14. The quantitative estimate of drug-likeness (QED) is 0.772. The summed E-state index contributed by atoms with van der Waals surface area (Å²) in [7, 11) is 0. The van der Waals surface area contributed by atoms with E-state index in [1.165, 1.54) is 12.1 Å². The maximum Gasteiger partial charge on any atom is 0.192 e. The van der Waals surface area contributed by atoms with Gasteiger partial charge in [-0.2, -0.15) is 0 Å². The Bertz CT molecular complexity index is 579. The number of phenols is 1. The van der Waals surface area contributed by atoms with Gasteiger partial charge in [-0.15, -0.1) is 0 Å². The van der Waals surface area contributed by atoms with Gasteiger partial charge in [0.25, 0.3) is 0 Å². The third kappa shape index (κ3) is 1.40. The molecule has 1 saturated carbocycles. The van der Waals surface area contributed by atoms with Gasteiger partial charge in [-0.25, -0.2) is 0 Å². The van der Waals surface area contributed by atoms with Crippen molar-refractivity contribution in [2.75, 3.05) is 0 Å². The van der Waals surface area contributed by atoms with Gasteiger partial charge in [0.15, 0.2) is 5.43 Å². The van der Waals surface area contributed by atoms with Crippen molar-refractivity contribution in [3.63, 3.8) is 0 Å². The Kier molecular flexibility index (Phi) is 1.63. The predicted octanol–water partition coefficient (Wildman–Crippen LogP) is 2.38. The molecular formula is C12H10O3. The Morgan fingerprint density at radius 1 is 1.27 bits per heavy atom. The van der Waals surface area contributed by atoms with Crippen molar-refractivity contribution in [3.05, 3.63) is 40.2 Å². The lowest BCUT2D eigenvalue weighted by Gasteiger charge is -2.01. The molecule has 2 aromatic rings. The van der Waals surface area contributed by atoms with Crippen molar-refractivity contribution in [2.45, 2.75) is 18.8 Å². The molecule has 0 atom stereocenters. The molecule has 3 nitrogen and oxygen atoms in total. The molecule has 1 aliphatic rings. The summed E-state index contributed by atoms with van der Waals surface area (Å²) in [5, 5.41) is 9.83. The maximum atomic E-state index is 11.7. The zero-order chi connectivity index (χ0) is 10.4. The summed E-state index contributed by atoms with van der Waals surface area (Å²) in [6.07, 6.45) is 2.18. The van der Waals surface area contributed by atoms with Crippen LogP contribution in [0.1, 0.15) is 24.5 Å². The molecule has 0 radical (unpaired) electrons. The van der Waals surface area contributed by atoms with Crippen molar-refractivity contribution in [2.24, 2.45) is 0 Å². The minimum Gasteiger partial charge on any atom is -0.508 e. The fraction of sp³-hybridized carbons (Fsp3) is 0.250. The van der Waals surface area contributed by atoms with Gasteiger partial charge in [0.05, 0.1) is 5.39 Å². The third-order valence-corrected chi connectivity index (χ3v) is 2.71. The molecule has 0 unspecified atom stereocenters. The second-order valence-electron chi connectivity index (χ2n) is 3.97. The molecule has 1 aromatic carbocycles. The highest BCUT2D eigenvalue weighted by atomic mass is 16.3. The number of hydrogen-bond donors (Lipinski definition) is 1. The monoisotopic (exact) mass is 202 g/mol. The molecule has 0 aliphatic heterocycles. The molecule has 3 heteroatoms. The largest absolute Gasteiger partial charge is 0.508 e. The van der Waals surface area contributed by atoms with Crippen LogP contribution in [0.5, 0.6) is 5.75 Å². The number of rotatable bonds is 1. The zero-order valence-electron chi connectivity index (χ0n) is 8.06. The van der Waals surface area contributed by atoms with E-state index in [1.807, 2.05) is 0 Å². The van der Waals surface area contributed by atoms with E-state index in [4.69, 9.17) is 4.42 Å². The van der Waals surface area contributed by atoms with Gasteiger partial charge >= 0.3 is 0 Å². The molecule has 15 heavy (non-hydrogen) atoms. The molecule has 76 valence electrons. The summed E-state index contributed by atoms with van der Waals surface area (Å²) in [6.45, 7) is 0. The maximum absolute atomic E-state index is 11.7. The van der Waals surface area contributed by atoms with Crippen molar-refractivity contribution in [1.82, 2.24) is 0 Å². The highest BCUT2D eigenvalue weighted by Crippen LogP contribution is 2.40. The van der Waals surface area contributed by atoms with Gasteiger partial charge in [0.1, 0.15) is 17.1 Å². The fourth-order valence-corrected chi connectivity index (χ4v) is 1.73. The van der Waals surface area contributed by atoms with Crippen LogP contribution in [0.4, 0.5) is 0 Å². The topological polar surface area (TPSA) is 50.4 Å². The standard InChI is InChI=1S/C12H10O3/c13-8-3-4-9-10(14)6-11(7-1-2-7)15-12(9)5-8/h3-7,13H,1-2H2. The Morgan fingerprint density at radius 3 is 2.80 bits per heavy atom. The second kappa shape index (κ2) is 2.86. The van der Waals surface area contributed by atoms with Gasteiger partial charge in [-0.3, -0.25) is 4.79 Å². The van der Waals surface area contributed by atoms with Crippen LogP contribution in [0.15, 0.2) is 33.5 Å². The molecule has 0 amide bonds. The van der Waals surface area contributed by atoms with Gasteiger partial charge in [0.2, 0.25) is 0 Å². The summed E-state index contributed by atoms with van der Waals surface area (Å²) in [5.74, 6) is 1.28. The van der Waals surface area contributed by atoms with E-state index in [2.05, 4.69) is 0 Å². The smallest absolute Gasteiger partial charge is 0.192 e. The van der Waals surface area contributed by atoms with Crippen molar-refractivity contribution < 1.29 is 9.52 Å². The first-order valence-corrected chi connectivity index (χ1v) is 5.01. The van der Waals surface area contributed by atoms with Gasteiger partial charge in [0, 0.05) is 18.1 Å². The number of phenolic OH excluding ortho intramolecular Hbond substituents is 1. The third-order valence-electron chi connectivity index (χ3n) is 2.71. The first-order chi connectivity index (χ1) is 7.24. The van der Waals surface area contributed by atoms with E-state index in [1.54, 1.807) is 12.1 Å². The Balaban J connectivity index is 2.32. The van der Waals surface area contributed by atoms with E-state index < -0.39 is 0 Å². The minimum atomic E-state index is -0.0295. The van der Waals surface area contributed by atoms with Crippen molar-refractivity contribution in [1.29, 1.82) is 0 Å². The number of fused-ring (bicyclic) bond motifs is 1. The molecule has 0 bridgehead atoms. The second-order valence-corrected chi connectivity index (χ2v) is 3.97. The molecule has 1 aliphatic carbocycles. The van der Waals surface area contributed by atoms with Crippen molar-refractivity contribution in [3.8, 4) is 5.75 Å². The lowest BCUT2D eigenvalue weighted by atomic mass is 10.2. The average Bonchev–Trinajstić information content (AvgIpc) is 2.99. The lowest BCUT2D eigenvalue weighted by molar-refractivity contribution is 0.472. The van der Waals surface area contributed by atoms with Crippen LogP contribution in [-0.4, -0.2) is 5.11 Å². The van der Waals surface area contributed by atoms with Crippen LogP contribution in [0.25, 0.3) is 11.0 Å². The number of hydrogen-bond acceptors (Lipinski definition) is 3. The van der Waals surface area contributed by atoms with Crippen LogP contribution < -0.4 is 5.43 Å². The van der Waals surface area contributed by atoms with Crippen LogP contribution >= 0.6 is 0 Å². The first-order valence-electron chi connectivity index (χ1n) is 5.01. The molecule has 1 fully saturated rings. The lowest BCUT2D eigenvalue weighted by Crippen LogP contribution is -2.01. The van der Waals surface area contributed by atoms with E-state index in [9.17, 15) is 9.90 Å². The zero-order valence-corrected chi connectivity index (χ0v) is 8.06. The average molecular weight is 202 g/mol. The minimum absolute atomic E-state index is 0.0295. The molecule has 0 spiro atoms. The van der Waals surface area contributed by atoms with Gasteiger partial charge < -0.3 is 9.52 Å². The highest BCUT2D eigenvalue weighted by Gasteiger charge is 2.26. The molecule has 3 rings (SSSR count). The Hall–Kier alpha value is -1.77. The number of aromatic hydroxyl groups is 1. The van der Waals surface area contributed by atoms with E-state index in [0.29, 0.717) is 16.9 Å². The molecular weight excluding hydrogens is 192 g/mol. The number of benzene rings is 1. The molecule has 1 aromatic heterocycles. The van der Waals surface area contributed by atoms with Crippen LogP contribution in [-0.2, 0) is 0 Å². The van der Waals surface area contributed by atoms with E-state index in [0.717, 1.165) is 18.6 Å². The van der Waals surface area contributed by atoms with Gasteiger partial charge in [-0.1, -0.05) is 0 Å². The predicted molar refractivity (Wildman–Crippen MR) is 56.1 cm³/mol. The summed E-state index contributed by atoms with van der Waals surface area (Å²) in [5.41, 5.74) is 0.447. The SMILES string of the molecule is O=c1cc(C2CC2)oc2cc(O)ccc12. The summed E-state index contributed by atoms with van der Waals surface area (Å²) in [4.78, 5) is 11.7. The van der Waals surface area contributed by atoms with E-state index in [-0.39, 0.29) is 11.2 Å². The highest BCUT2D eigenvalue weighted by molar-refractivity contribution is 5.77. The summed E-state index contributed by atoms with van der Waals surface area (Å²) < 4.78 is 5.59. The normalized spacial score (nSPS) is 15.7. The van der Waals surface area contributed by atoms with Crippen molar-refractivity contribution >= 4 is 11.0 Å². The molecule has 1 N–H and O–H groups in total. The van der Waals surface area contributed by atoms with Crippen LogP contribution in [0, 0.1) is 0 Å². The van der Waals surface area contributed by atoms with Crippen LogP contribution in [0.2, 0.25) is 0 Å².